The minimum Gasteiger partial charge on any atom is -0.393 e. The molecule has 5 heteroatoms. The molecular weight excluding hydrogens is 430 g/mol. The largest absolute Gasteiger partial charge is 0.393 e. The van der Waals surface area contributed by atoms with Gasteiger partial charge in [-0.25, -0.2) is 0 Å². The van der Waals surface area contributed by atoms with E-state index in [0.717, 1.165) is 6.42 Å². The van der Waals surface area contributed by atoms with Gasteiger partial charge in [0, 0.05) is 11.4 Å². The molecule has 2 unspecified atom stereocenters. The molecule has 0 spiro atoms. The molecule has 2 amide bonds. The van der Waals surface area contributed by atoms with Crippen LogP contribution in [0.2, 0.25) is 0 Å². The van der Waals surface area contributed by atoms with E-state index in [4.69, 9.17) is 0 Å². The lowest BCUT2D eigenvalue weighted by Gasteiger charge is -2.21. The molecule has 3 aromatic carbocycles. The van der Waals surface area contributed by atoms with Gasteiger partial charge in [0.1, 0.15) is 0 Å². The summed E-state index contributed by atoms with van der Waals surface area (Å²) in [5.74, 6) is -0.482. The maximum absolute atomic E-state index is 12.5. The van der Waals surface area contributed by atoms with Crippen molar-refractivity contribution < 1.29 is 14.7 Å². The number of hydrogen-bond acceptors (Lipinski definition) is 4. The lowest BCUT2D eigenvalue weighted by Crippen LogP contribution is -2.33. The second kappa shape index (κ2) is 10.4. The Labute approximate surface area is 199 Å². The second-order valence-electron chi connectivity index (χ2n) is 8.60. The quantitative estimate of drug-likeness (QED) is 0.330. The molecule has 0 saturated carbocycles. The first kappa shape index (κ1) is 23.3. The molecule has 0 saturated heterocycles. The van der Waals surface area contributed by atoms with Crippen LogP contribution < -0.4 is 0 Å². The number of carbonyl (C=O) groups excluding carboxylic acids is 2. The average Bonchev–Trinajstić information content (AvgIpc) is 3.11. The van der Waals surface area contributed by atoms with Gasteiger partial charge in [0.2, 0.25) is 0 Å². The summed E-state index contributed by atoms with van der Waals surface area (Å²) in [6.07, 6.45) is 3.59. The molecule has 4 rings (SSSR count). The maximum atomic E-state index is 12.5. The number of nitrogens with zero attached hydrogens (tertiary/aromatic N) is 1. The summed E-state index contributed by atoms with van der Waals surface area (Å²) in [5.41, 5.74) is 4.51. The lowest BCUT2D eigenvalue weighted by molar-refractivity contribution is 0.0604. The zero-order valence-electron chi connectivity index (χ0n) is 19.0. The van der Waals surface area contributed by atoms with Crippen LogP contribution in [0, 0.1) is 5.92 Å². The molecule has 1 aliphatic heterocycles. The number of amides is 2. The number of fused-ring (bicyclic) bond motifs is 1. The third-order valence-corrected chi connectivity index (χ3v) is 7.19. The van der Waals surface area contributed by atoms with Crippen molar-refractivity contribution in [1.29, 1.82) is 0 Å². The molecule has 3 aromatic rings. The van der Waals surface area contributed by atoms with Crippen LogP contribution in [0.25, 0.3) is 11.1 Å². The normalized spacial score (nSPS) is 14.9. The van der Waals surface area contributed by atoms with Crippen LogP contribution in [0.3, 0.4) is 0 Å². The Morgan fingerprint density at radius 2 is 1.36 bits per heavy atom. The van der Waals surface area contributed by atoms with E-state index < -0.39 is 6.10 Å². The Kier molecular flexibility index (Phi) is 7.31. The van der Waals surface area contributed by atoms with E-state index in [0.29, 0.717) is 30.5 Å². The molecule has 4 nitrogen and oxygen atoms in total. The molecule has 1 N–H and O–H groups in total. The second-order valence-corrected chi connectivity index (χ2v) is 9.48. The summed E-state index contributed by atoms with van der Waals surface area (Å²) in [6, 6.07) is 24.0. The van der Waals surface area contributed by atoms with Crippen LogP contribution in [0.5, 0.6) is 0 Å². The number of benzene rings is 3. The minimum absolute atomic E-state index is 0.0106. The molecule has 2 atom stereocenters. The molecule has 0 aliphatic carbocycles. The molecule has 33 heavy (non-hydrogen) atoms. The number of aryl methyl sites for hydroxylation is 1. The van der Waals surface area contributed by atoms with Gasteiger partial charge in [-0.1, -0.05) is 55.5 Å². The Bertz CT molecular complexity index is 1090. The Morgan fingerprint density at radius 3 is 1.91 bits per heavy atom. The van der Waals surface area contributed by atoms with Crippen molar-refractivity contribution in [2.45, 2.75) is 37.2 Å². The van der Waals surface area contributed by atoms with E-state index in [1.165, 1.54) is 26.5 Å². The van der Waals surface area contributed by atoms with Gasteiger partial charge in [0.25, 0.3) is 11.8 Å². The zero-order chi connectivity index (χ0) is 23.4. The summed E-state index contributed by atoms with van der Waals surface area (Å²) >= 11 is 1.73. The van der Waals surface area contributed by atoms with Crippen LogP contribution in [-0.2, 0) is 6.42 Å². The first-order valence-corrected chi connectivity index (χ1v) is 12.6. The molecule has 0 aromatic heterocycles. The van der Waals surface area contributed by atoms with Crippen LogP contribution in [0.1, 0.15) is 46.0 Å². The number of thioether (sulfide) groups is 1. The SMILES string of the molecule is CSc1ccc(-c2ccc(CCC(O)C(C)CCN3C(=O)c4ccccc4C3=O)cc2)cc1. The van der Waals surface area contributed by atoms with Crippen LogP contribution in [0.15, 0.2) is 77.7 Å². The number of carbonyl (C=O) groups is 2. The van der Waals surface area contributed by atoms with Crippen molar-refractivity contribution in [3.63, 3.8) is 0 Å². The summed E-state index contributed by atoms with van der Waals surface area (Å²) < 4.78 is 0. The highest BCUT2D eigenvalue weighted by molar-refractivity contribution is 7.98. The highest BCUT2D eigenvalue weighted by atomic mass is 32.2. The summed E-state index contributed by atoms with van der Waals surface area (Å²) in [7, 11) is 0. The third-order valence-electron chi connectivity index (χ3n) is 6.45. The molecule has 0 fully saturated rings. The van der Waals surface area contributed by atoms with E-state index in [9.17, 15) is 14.7 Å². The van der Waals surface area contributed by atoms with Gasteiger partial charge in [-0.3, -0.25) is 14.5 Å². The zero-order valence-corrected chi connectivity index (χ0v) is 19.8. The highest BCUT2D eigenvalue weighted by Crippen LogP contribution is 2.26. The van der Waals surface area contributed by atoms with E-state index in [1.54, 1.807) is 36.0 Å². The average molecular weight is 460 g/mol. The van der Waals surface area contributed by atoms with Crippen molar-refractivity contribution in [2.24, 2.45) is 5.92 Å². The maximum Gasteiger partial charge on any atom is 0.261 e. The molecule has 1 heterocycles. The first-order chi connectivity index (χ1) is 16.0. The molecule has 0 bridgehead atoms. The van der Waals surface area contributed by atoms with Crippen molar-refractivity contribution >= 4 is 23.6 Å². The van der Waals surface area contributed by atoms with Gasteiger partial charge in [0.15, 0.2) is 0 Å². The van der Waals surface area contributed by atoms with Crippen LogP contribution in [0.4, 0.5) is 0 Å². The van der Waals surface area contributed by atoms with Crippen LogP contribution >= 0.6 is 11.8 Å². The molecule has 0 radical (unpaired) electrons. The van der Waals surface area contributed by atoms with Crippen molar-refractivity contribution in [3.05, 3.63) is 89.5 Å². The number of aliphatic hydroxyl groups excluding tert-OH is 1. The minimum atomic E-state index is -0.487. The van der Waals surface area contributed by atoms with Crippen LogP contribution in [-0.4, -0.2) is 40.7 Å². The van der Waals surface area contributed by atoms with Crippen molar-refractivity contribution in [1.82, 2.24) is 4.90 Å². The topological polar surface area (TPSA) is 57.6 Å². The smallest absolute Gasteiger partial charge is 0.261 e. The summed E-state index contributed by atoms with van der Waals surface area (Å²) in [5, 5.41) is 10.6. The molecule has 170 valence electrons. The van der Waals surface area contributed by atoms with Gasteiger partial charge in [0.05, 0.1) is 17.2 Å². The predicted molar refractivity (Wildman–Crippen MR) is 134 cm³/mol. The van der Waals surface area contributed by atoms with Crippen molar-refractivity contribution in [3.8, 4) is 11.1 Å². The fourth-order valence-corrected chi connectivity index (χ4v) is 4.62. The highest BCUT2D eigenvalue weighted by Gasteiger charge is 2.35. The fourth-order valence-electron chi connectivity index (χ4n) is 4.21. The third kappa shape index (κ3) is 5.21. The van der Waals surface area contributed by atoms with E-state index in [2.05, 4.69) is 54.8 Å². The van der Waals surface area contributed by atoms with E-state index in [1.807, 2.05) is 6.92 Å². The Hall–Kier alpha value is -2.89. The standard InChI is InChI=1S/C28H29NO3S/c1-19(17-18-29-27(31)24-5-3-4-6-25(24)28(29)32)26(30)16-9-20-7-10-21(11-8-20)22-12-14-23(33-2)15-13-22/h3-8,10-15,19,26,30H,9,16-18H2,1-2H3. The first-order valence-electron chi connectivity index (χ1n) is 11.3. The van der Waals surface area contributed by atoms with Gasteiger partial charge in [-0.2, -0.15) is 0 Å². The summed E-state index contributed by atoms with van der Waals surface area (Å²) in [6.45, 7) is 2.30. The number of rotatable bonds is 9. The van der Waals surface area contributed by atoms with Gasteiger partial charge in [-0.05, 0) is 72.4 Å². The molecular formula is C28H29NO3S. The molecule has 1 aliphatic rings. The number of aliphatic hydroxyl groups is 1. The number of hydrogen-bond donors (Lipinski definition) is 1. The van der Waals surface area contributed by atoms with E-state index in [-0.39, 0.29) is 17.7 Å². The Morgan fingerprint density at radius 1 is 0.818 bits per heavy atom. The lowest BCUT2D eigenvalue weighted by atomic mass is 9.94. The van der Waals surface area contributed by atoms with Gasteiger partial charge >= 0.3 is 0 Å². The van der Waals surface area contributed by atoms with Crippen molar-refractivity contribution in [2.75, 3.05) is 12.8 Å². The van der Waals surface area contributed by atoms with E-state index >= 15 is 0 Å². The Balaban J connectivity index is 1.27. The monoisotopic (exact) mass is 459 g/mol. The number of imide groups is 1. The van der Waals surface area contributed by atoms with Gasteiger partial charge in [-0.15, -0.1) is 11.8 Å². The van der Waals surface area contributed by atoms with Gasteiger partial charge < -0.3 is 5.11 Å². The fraction of sp³-hybridized carbons (Fsp3) is 0.286. The summed E-state index contributed by atoms with van der Waals surface area (Å²) in [4.78, 5) is 27.6. The predicted octanol–water partition coefficient (Wildman–Crippen LogP) is 5.69.